The molecule has 0 spiro atoms. The smallest absolute Gasteiger partial charge is 0.240 e. The monoisotopic (exact) mass is 371 g/mol. The Bertz CT molecular complexity index is 898. The van der Waals surface area contributed by atoms with E-state index in [1.54, 1.807) is 20.4 Å². The van der Waals surface area contributed by atoms with Gasteiger partial charge >= 0.3 is 0 Å². The van der Waals surface area contributed by atoms with Crippen LogP contribution < -0.4 is 31.0 Å². The topological polar surface area (TPSA) is 135 Å². The summed E-state index contributed by atoms with van der Waals surface area (Å²) in [5.74, 6) is 1.72. The number of ether oxygens (including phenoxy) is 3. The van der Waals surface area contributed by atoms with E-state index in [0.29, 0.717) is 35.8 Å². The van der Waals surface area contributed by atoms with E-state index < -0.39 is 5.91 Å². The highest BCUT2D eigenvalue weighted by atomic mass is 16.5. The van der Waals surface area contributed by atoms with Gasteiger partial charge in [-0.25, -0.2) is 4.98 Å². The number of rotatable bonds is 6. The van der Waals surface area contributed by atoms with Crippen molar-refractivity contribution in [2.24, 2.45) is 5.73 Å². The second kappa shape index (κ2) is 7.92. The summed E-state index contributed by atoms with van der Waals surface area (Å²) in [6, 6.07) is 1.88. The van der Waals surface area contributed by atoms with Crippen LogP contribution in [0.25, 0.3) is 6.08 Å². The fraction of sp³-hybridized carbons (Fsp3) is 0.278. The molecule has 0 saturated carbocycles. The molecular formula is C18H21N5O4. The maximum atomic E-state index is 11.4. The molecule has 2 aromatic rings. The van der Waals surface area contributed by atoms with Crippen LogP contribution in [0.2, 0.25) is 0 Å². The number of nitrogens with one attached hydrogen (secondary N) is 1. The molecule has 27 heavy (non-hydrogen) atoms. The largest absolute Gasteiger partial charge is 0.493 e. The molecule has 1 aromatic heterocycles. The van der Waals surface area contributed by atoms with E-state index in [0.717, 1.165) is 11.1 Å². The van der Waals surface area contributed by atoms with Gasteiger partial charge in [0.1, 0.15) is 12.4 Å². The second-order valence-corrected chi connectivity index (χ2v) is 5.76. The molecule has 0 saturated heterocycles. The van der Waals surface area contributed by atoms with Crippen LogP contribution in [0.1, 0.15) is 16.7 Å². The zero-order valence-electron chi connectivity index (χ0n) is 15.1. The normalized spacial score (nSPS) is 12.1. The van der Waals surface area contributed by atoms with Gasteiger partial charge in [-0.2, -0.15) is 4.98 Å². The number of hydrogen-bond acceptors (Lipinski definition) is 8. The Hall–Kier alpha value is -3.33. The summed E-state index contributed by atoms with van der Waals surface area (Å²) in [4.78, 5) is 19.6. The number of amides is 1. The number of nitrogen functional groups attached to an aromatic ring is 1. The number of benzene rings is 1. The zero-order chi connectivity index (χ0) is 19.4. The third kappa shape index (κ3) is 3.77. The van der Waals surface area contributed by atoms with Crippen molar-refractivity contribution in [2.45, 2.75) is 6.42 Å². The number of fused-ring (bicyclic) bond motifs is 1. The lowest BCUT2D eigenvalue weighted by Gasteiger charge is -2.21. The number of anilines is 2. The standard InChI is InChI=1S/C18H21N5O4/c1-25-13-7-10(12-4-3-5-27-15(12)16(13)26-2)6-11-9-21-18(23-17(11)20)22-14(24)8-19/h3-4,7,9H,5-6,8,19H2,1-2H3,(H3,20,21,22,23,24). The van der Waals surface area contributed by atoms with E-state index >= 15 is 0 Å². The van der Waals surface area contributed by atoms with Crippen LogP contribution in [0, 0.1) is 0 Å². The molecule has 0 unspecified atom stereocenters. The highest BCUT2D eigenvalue weighted by Crippen LogP contribution is 2.44. The van der Waals surface area contributed by atoms with E-state index in [1.165, 1.54) is 0 Å². The minimum atomic E-state index is -0.390. The lowest BCUT2D eigenvalue weighted by atomic mass is 9.97. The van der Waals surface area contributed by atoms with Gasteiger partial charge in [0.05, 0.1) is 20.8 Å². The molecule has 1 aliphatic rings. The molecule has 0 atom stereocenters. The van der Waals surface area contributed by atoms with Gasteiger partial charge in [-0.05, 0) is 17.7 Å². The van der Waals surface area contributed by atoms with Crippen LogP contribution in [-0.4, -0.2) is 43.2 Å². The van der Waals surface area contributed by atoms with Gasteiger partial charge in [0, 0.05) is 23.7 Å². The Kier molecular flexibility index (Phi) is 5.41. The van der Waals surface area contributed by atoms with Gasteiger partial charge in [0.15, 0.2) is 11.5 Å². The molecule has 3 rings (SSSR count). The Morgan fingerprint density at radius 3 is 2.81 bits per heavy atom. The number of nitrogens with zero attached hydrogens (tertiary/aromatic N) is 2. The number of carbonyl (C=O) groups is 1. The van der Waals surface area contributed by atoms with Crippen molar-refractivity contribution in [1.29, 1.82) is 0 Å². The summed E-state index contributed by atoms with van der Waals surface area (Å²) in [5.41, 5.74) is 13.8. The number of nitrogens with two attached hydrogens (primary N) is 2. The quantitative estimate of drug-likeness (QED) is 0.684. The van der Waals surface area contributed by atoms with Gasteiger partial charge in [0.2, 0.25) is 17.6 Å². The summed E-state index contributed by atoms with van der Waals surface area (Å²) in [6.07, 6.45) is 5.92. The Morgan fingerprint density at radius 2 is 2.15 bits per heavy atom. The van der Waals surface area contributed by atoms with Crippen molar-refractivity contribution in [3.63, 3.8) is 0 Å². The third-order valence-corrected chi connectivity index (χ3v) is 4.07. The Morgan fingerprint density at radius 1 is 1.33 bits per heavy atom. The summed E-state index contributed by atoms with van der Waals surface area (Å²) in [7, 11) is 3.14. The molecule has 142 valence electrons. The molecule has 9 heteroatoms. The molecule has 1 amide bonds. The van der Waals surface area contributed by atoms with Crippen LogP contribution in [-0.2, 0) is 11.2 Å². The van der Waals surface area contributed by atoms with Crippen LogP contribution in [0.5, 0.6) is 17.2 Å². The molecule has 0 aliphatic carbocycles. The van der Waals surface area contributed by atoms with Gasteiger partial charge in [-0.1, -0.05) is 6.08 Å². The highest BCUT2D eigenvalue weighted by molar-refractivity contribution is 5.90. The fourth-order valence-corrected chi connectivity index (χ4v) is 2.79. The second-order valence-electron chi connectivity index (χ2n) is 5.76. The number of hydrogen-bond donors (Lipinski definition) is 3. The molecule has 0 bridgehead atoms. The Balaban J connectivity index is 1.96. The lowest BCUT2D eigenvalue weighted by molar-refractivity contribution is -0.114. The van der Waals surface area contributed by atoms with Crippen LogP contribution in [0.4, 0.5) is 11.8 Å². The first-order valence-corrected chi connectivity index (χ1v) is 8.25. The molecule has 1 aromatic carbocycles. The van der Waals surface area contributed by atoms with Gasteiger partial charge in [-0.15, -0.1) is 0 Å². The third-order valence-electron chi connectivity index (χ3n) is 4.07. The molecule has 2 heterocycles. The van der Waals surface area contributed by atoms with Gasteiger partial charge in [0.25, 0.3) is 0 Å². The lowest BCUT2D eigenvalue weighted by Crippen LogP contribution is -2.23. The first-order chi connectivity index (χ1) is 13.1. The number of aromatic nitrogens is 2. The first-order valence-electron chi connectivity index (χ1n) is 8.25. The minimum absolute atomic E-state index is 0.115. The van der Waals surface area contributed by atoms with Crippen molar-refractivity contribution in [3.05, 3.63) is 35.0 Å². The summed E-state index contributed by atoms with van der Waals surface area (Å²) >= 11 is 0. The van der Waals surface area contributed by atoms with E-state index in [4.69, 9.17) is 25.7 Å². The van der Waals surface area contributed by atoms with Crippen molar-refractivity contribution in [2.75, 3.05) is 38.4 Å². The summed E-state index contributed by atoms with van der Waals surface area (Å²) < 4.78 is 16.6. The van der Waals surface area contributed by atoms with Crippen LogP contribution >= 0.6 is 0 Å². The summed E-state index contributed by atoms with van der Waals surface area (Å²) in [6.45, 7) is 0.298. The Labute approximate surface area is 156 Å². The minimum Gasteiger partial charge on any atom is -0.493 e. The maximum absolute atomic E-state index is 11.4. The molecule has 0 fully saturated rings. The predicted octanol–water partition coefficient (Wildman–Crippen LogP) is 0.970. The zero-order valence-corrected chi connectivity index (χ0v) is 15.1. The van der Waals surface area contributed by atoms with Crippen molar-refractivity contribution in [1.82, 2.24) is 9.97 Å². The molecular weight excluding hydrogens is 350 g/mol. The number of carbonyl (C=O) groups excluding carboxylic acids is 1. The first kappa shape index (κ1) is 18.5. The van der Waals surface area contributed by atoms with Gasteiger partial charge in [-0.3, -0.25) is 10.1 Å². The molecule has 9 nitrogen and oxygen atoms in total. The van der Waals surface area contributed by atoms with Crippen LogP contribution in [0.15, 0.2) is 18.3 Å². The number of methoxy groups -OCH3 is 2. The average Bonchev–Trinajstić information content (AvgIpc) is 2.69. The van der Waals surface area contributed by atoms with E-state index in [1.807, 2.05) is 18.2 Å². The molecule has 1 aliphatic heterocycles. The average molecular weight is 371 g/mol. The van der Waals surface area contributed by atoms with Crippen LogP contribution in [0.3, 0.4) is 0 Å². The SMILES string of the molecule is COc1cc(Cc2cnc(NC(=O)CN)nc2N)c2c(c1OC)OCC=C2. The van der Waals surface area contributed by atoms with Crippen molar-refractivity contribution >= 4 is 23.7 Å². The van der Waals surface area contributed by atoms with Crippen molar-refractivity contribution in [3.8, 4) is 17.2 Å². The summed E-state index contributed by atoms with van der Waals surface area (Å²) in [5, 5.41) is 2.47. The highest BCUT2D eigenvalue weighted by Gasteiger charge is 2.22. The van der Waals surface area contributed by atoms with E-state index in [-0.39, 0.29) is 18.3 Å². The fourth-order valence-electron chi connectivity index (χ4n) is 2.79. The molecule has 0 radical (unpaired) electrons. The van der Waals surface area contributed by atoms with Crippen molar-refractivity contribution < 1.29 is 19.0 Å². The van der Waals surface area contributed by atoms with E-state index in [9.17, 15) is 4.79 Å². The molecule has 5 N–H and O–H groups in total. The van der Waals surface area contributed by atoms with Gasteiger partial charge < -0.3 is 25.7 Å². The predicted molar refractivity (Wildman–Crippen MR) is 101 cm³/mol. The van der Waals surface area contributed by atoms with E-state index in [2.05, 4.69) is 15.3 Å². The maximum Gasteiger partial charge on any atom is 0.240 e.